The highest BCUT2D eigenvalue weighted by Gasteiger charge is 2.19. The standard InChI is InChI=1S/C6H9NO8/c8-4(9)1-7(2-5(10)14-12)3-6(11)15-13/h12-13H,1-3H2,(H,8,9). The summed E-state index contributed by atoms with van der Waals surface area (Å²) in [7, 11) is 0. The first-order chi connectivity index (χ1) is 6.99. The van der Waals surface area contributed by atoms with E-state index in [-0.39, 0.29) is 0 Å². The van der Waals surface area contributed by atoms with Crippen LogP contribution in [0.25, 0.3) is 0 Å². The molecule has 0 heterocycles. The van der Waals surface area contributed by atoms with Crippen LogP contribution >= 0.6 is 0 Å². The maximum absolute atomic E-state index is 10.6. The number of aliphatic carboxylic acids is 1. The van der Waals surface area contributed by atoms with Gasteiger partial charge in [-0.1, -0.05) is 0 Å². The van der Waals surface area contributed by atoms with Crippen molar-refractivity contribution in [3.63, 3.8) is 0 Å². The van der Waals surface area contributed by atoms with E-state index < -0.39 is 37.5 Å². The van der Waals surface area contributed by atoms with Crippen molar-refractivity contribution in [1.29, 1.82) is 0 Å². The normalized spacial score (nSPS) is 9.80. The van der Waals surface area contributed by atoms with Gasteiger partial charge >= 0.3 is 17.9 Å². The summed E-state index contributed by atoms with van der Waals surface area (Å²) < 4.78 is 0. The number of carboxylic acid groups (broad SMARTS) is 1. The van der Waals surface area contributed by atoms with Gasteiger partial charge in [0.2, 0.25) is 0 Å². The van der Waals surface area contributed by atoms with Crippen LogP contribution in [-0.4, -0.2) is 58.1 Å². The molecule has 0 atom stereocenters. The Bertz CT molecular complexity index is 234. The van der Waals surface area contributed by atoms with Crippen molar-refractivity contribution in [1.82, 2.24) is 4.90 Å². The highest BCUT2D eigenvalue weighted by atomic mass is 17.1. The van der Waals surface area contributed by atoms with Crippen LogP contribution in [0.5, 0.6) is 0 Å². The fourth-order valence-corrected chi connectivity index (χ4v) is 0.782. The lowest BCUT2D eigenvalue weighted by atomic mass is 10.4. The minimum Gasteiger partial charge on any atom is -0.480 e. The largest absolute Gasteiger partial charge is 0.480 e. The SMILES string of the molecule is O=C(O)CN(CC(=O)OO)CC(=O)OO. The predicted octanol–water partition coefficient (Wildman–Crippen LogP) is -1.59. The van der Waals surface area contributed by atoms with Crippen LogP contribution in [0.15, 0.2) is 0 Å². The molecule has 0 aliphatic heterocycles. The smallest absolute Gasteiger partial charge is 0.355 e. The Kier molecular flexibility index (Phi) is 5.94. The fourth-order valence-electron chi connectivity index (χ4n) is 0.782. The van der Waals surface area contributed by atoms with Gasteiger partial charge in [-0.25, -0.2) is 9.59 Å². The third-order valence-corrected chi connectivity index (χ3v) is 1.27. The first-order valence-corrected chi connectivity index (χ1v) is 3.62. The van der Waals surface area contributed by atoms with Crippen LogP contribution in [0.4, 0.5) is 0 Å². The first kappa shape index (κ1) is 13.3. The average Bonchev–Trinajstić information content (AvgIpc) is 2.16. The monoisotopic (exact) mass is 223 g/mol. The zero-order valence-corrected chi connectivity index (χ0v) is 7.45. The molecule has 0 saturated heterocycles. The molecular weight excluding hydrogens is 214 g/mol. The summed E-state index contributed by atoms with van der Waals surface area (Å²) in [4.78, 5) is 38.8. The molecule has 0 aromatic heterocycles. The van der Waals surface area contributed by atoms with E-state index in [1.54, 1.807) is 0 Å². The van der Waals surface area contributed by atoms with Crippen LogP contribution in [0, 0.1) is 0 Å². The lowest BCUT2D eigenvalue weighted by Gasteiger charge is -2.15. The number of hydrogen-bond acceptors (Lipinski definition) is 8. The minimum absolute atomic E-state index is 0.627. The summed E-state index contributed by atoms with van der Waals surface area (Å²) in [5.74, 6) is -3.57. The Morgan fingerprint density at radius 3 is 1.60 bits per heavy atom. The highest BCUT2D eigenvalue weighted by Crippen LogP contribution is 1.91. The Hall–Kier alpha value is -1.71. The van der Waals surface area contributed by atoms with Gasteiger partial charge in [0.15, 0.2) is 0 Å². The van der Waals surface area contributed by atoms with E-state index in [2.05, 4.69) is 9.78 Å². The molecule has 86 valence electrons. The molecule has 0 radical (unpaired) electrons. The molecule has 0 aliphatic rings. The summed E-state index contributed by atoms with van der Waals surface area (Å²) in [5.41, 5.74) is 0. The zero-order valence-electron chi connectivity index (χ0n) is 7.45. The fraction of sp³-hybridized carbons (Fsp3) is 0.500. The van der Waals surface area contributed by atoms with Crippen molar-refractivity contribution in [2.45, 2.75) is 0 Å². The van der Waals surface area contributed by atoms with Crippen molar-refractivity contribution in [3.8, 4) is 0 Å². The van der Waals surface area contributed by atoms with E-state index in [0.29, 0.717) is 0 Å². The second kappa shape index (κ2) is 6.70. The van der Waals surface area contributed by atoms with Gasteiger partial charge in [0.25, 0.3) is 0 Å². The van der Waals surface area contributed by atoms with Crippen molar-refractivity contribution in [3.05, 3.63) is 0 Å². The van der Waals surface area contributed by atoms with Crippen molar-refractivity contribution >= 4 is 17.9 Å². The predicted molar refractivity (Wildman–Crippen MR) is 41.5 cm³/mol. The van der Waals surface area contributed by atoms with Crippen LogP contribution in [0.3, 0.4) is 0 Å². The number of carboxylic acids is 1. The van der Waals surface area contributed by atoms with Crippen LogP contribution < -0.4 is 0 Å². The number of hydrogen-bond donors (Lipinski definition) is 3. The van der Waals surface area contributed by atoms with Gasteiger partial charge in [0, 0.05) is 0 Å². The molecular formula is C6H9NO8. The van der Waals surface area contributed by atoms with Gasteiger partial charge in [-0.3, -0.25) is 19.5 Å². The third-order valence-electron chi connectivity index (χ3n) is 1.27. The lowest BCUT2D eigenvalue weighted by Crippen LogP contribution is -2.39. The van der Waals surface area contributed by atoms with E-state index in [1.165, 1.54) is 0 Å². The van der Waals surface area contributed by atoms with Crippen LogP contribution in [-0.2, 0) is 24.2 Å². The molecule has 9 nitrogen and oxygen atoms in total. The number of rotatable bonds is 6. The Labute approximate surface area is 83.3 Å². The summed E-state index contributed by atoms with van der Waals surface area (Å²) >= 11 is 0. The first-order valence-electron chi connectivity index (χ1n) is 3.62. The lowest BCUT2D eigenvalue weighted by molar-refractivity contribution is -0.239. The minimum atomic E-state index is -1.30. The van der Waals surface area contributed by atoms with Gasteiger partial charge in [-0.15, -0.1) is 0 Å². The molecule has 0 spiro atoms. The second-order valence-electron chi connectivity index (χ2n) is 2.47. The number of nitrogens with zero attached hydrogens (tertiary/aromatic N) is 1. The van der Waals surface area contributed by atoms with Crippen LogP contribution in [0.1, 0.15) is 0 Å². The van der Waals surface area contributed by atoms with E-state index in [9.17, 15) is 14.4 Å². The average molecular weight is 223 g/mol. The van der Waals surface area contributed by atoms with Gasteiger partial charge in [-0.2, -0.15) is 10.5 Å². The van der Waals surface area contributed by atoms with Gasteiger partial charge in [0.05, 0.1) is 6.54 Å². The molecule has 0 rings (SSSR count). The molecule has 0 amide bonds. The summed E-state index contributed by atoms with van der Waals surface area (Å²) in [6.45, 7) is -1.90. The Balaban J connectivity index is 4.23. The second-order valence-corrected chi connectivity index (χ2v) is 2.47. The maximum atomic E-state index is 10.6. The van der Waals surface area contributed by atoms with Gasteiger partial charge in [0.1, 0.15) is 13.1 Å². The molecule has 3 N–H and O–H groups in total. The summed E-state index contributed by atoms with van der Waals surface area (Å²) in [6, 6.07) is 0. The molecule has 0 aromatic rings. The Morgan fingerprint density at radius 1 is 0.933 bits per heavy atom. The van der Waals surface area contributed by atoms with E-state index >= 15 is 0 Å². The van der Waals surface area contributed by atoms with Crippen LogP contribution in [0.2, 0.25) is 0 Å². The van der Waals surface area contributed by atoms with E-state index in [4.69, 9.17) is 15.6 Å². The number of carbonyl (C=O) groups excluding carboxylic acids is 2. The molecule has 0 saturated carbocycles. The van der Waals surface area contributed by atoms with Crippen molar-refractivity contribution < 1.29 is 39.8 Å². The quantitative estimate of drug-likeness (QED) is 0.359. The van der Waals surface area contributed by atoms with Gasteiger partial charge < -0.3 is 5.11 Å². The summed E-state index contributed by atoms with van der Waals surface area (Å²) in [5, 5.41) is 24.2. The molecule has 9 heteroatoms. The maximum Gasteiger partial charge on any atom is 0.355 e. The molecule has 0 fully saturated rings. The van der Waals surface area contributed by atoms with E-state index in [1.807, 2.05) is 0 Å². The molecule has 0 aromatic carbocycles. The van der Waals surface area contributed by atoms with Crippen molar-refractivity contribution in [2.75, 3.05) is 19.6 Å². The van der Waals surface area contributed by atoms with Crippen molar-refractivity contribution in [2.24, 2.45) is 0 Å². The third kappa shape index (κ3) is 6.37. The molecule has 15 heavy (non-hydrogen) atoms. The summed E-state index contributed by atoms with van der Waals surface area (Å²) in [6.07, 6.45) is 0. The zero-order chi connectivity index (χ0) is 11.8. The Morgan fingerprint density at radius 2 is 1.33 bits per heavy atom. The molecule has 0 unspecified atom stereocenters. The highest BCUT2D eigenvalue weighted by molar-refractivity contribution is 5.76. The molecule has 0 aliphatic carbocycles. The molecule has 0 bridgehead atoms. The topological polar surface area (TPSA) is 134 Å². The number of carbonyl (C=O) groups is 3. The van der Waals surface area contributed by atoms with E-state index in [0.717, 1.165) is 4.90 Å². The van der Waals surface area contributed by atoms with Gasteiger partial charge in [-0.05, 0) is 0 Å².